The monoisotopic (exact) mass is 443 g/mol. The average Bonchev–Trinajstić information content (AvgIpc) is 3.11. The molecule has 2 aromatic rings. The summed E-state index contributed by atoms with van der Waals surface area (Å²) in [7, 11) is 0. The Morgan fingerprint density at radius 3 is 2.62 bits per heavy atom. The molecule has 5 nitrogen and oxygen atoms in total. The summed E-state index contributed by atoms with van der Waals surface area (Å²) < 4.78 is 5.33. The van der Waals surface area contributed by atoms with Crippen molar-refractivity contribution in [2.24, 2.45) is 4.99 Å². The zero-order valence-electron chi connectivity index (χ0n) is 13.9. The molecule has 1 aromatic heterocycles. The van der Waals surface area contributed by atoms with E-state index in [-0.39, 0.29) is 36.6 Å². The highest BCUT2D eigenvalue weighted by atomic mass is 127. The van der Waals surface area contributed by atoms with Gasteiger partial charge in [-0.05, 0) is 24.1 Å². The lowest BCUT2D eigenvalue weighted by molar-refractivity contribution is 0.251. The highest BCUT2D eigenvalue weighted by Gasteiger charge is 2.07. The lowest BCUT2D eigenvalue weighted by Gasteiger charge is -2.18. The maximum Gasteiger partial charge on any atom is 0.191 e. The van der Waals surface area contributed by atoms with Gasteiger partial charge in [0.25, 0.3) is 0 Å². The highest BCUT2D eigenvalue weighted by molar-refractivity contribution is 14.0. The summed E-state index contributed by atoms with van der Waals surface area (Å²) in [5.74, 6) is 1.65. The van der Waals surface area contributed by atoms with Gasteiger partial charge in [-0.15, -0.1) is 24.0 Å². The van der Waals surface area contributed by atoms with Crippen molar-refractivity contribution in [2.45, 2.75) is 32.4 Å². The van der Waals surface area contributed by atoms with Crippen LogP contribution in [0.2, 0.25) is 0 Å². The summed E-state index contributed by atoms with van der Waals surface area (Å²) in [5, 5.41) is 15.9. The predicted octanol–water partition coefficient (Wildman–Crippen LogP) is 2.95. The number of halogens is 1. The number of hydrogen-bond acceptors (Lipinski definition) is 3. The number of aliphatic hydroxyl groups excluding tert-OH is 1. The summed E-state index contributed by atoms with van der Waals surface area (Å²) in [6, 6.07) is 13.9. The van der Waals surface area contributed by atoms with E-state index in [0.29, 0.717) is 12.5 Å². The van der Waals surface area contributed by atoms with Crippen molar-refractivity contribution in [3.05, 3.63) is 60.1 Å². The van der Waals surface area contributed by atoms with Crippen LogP contribution in [-0.4, -0.2) is 30.3 Å². The molecule has 0 aliphatic rings. The summed E-state index contributed by atoms with van der Waals surface area (Å²) in [6.07, 6.45) is 3.30. The molecule has 2 rings (SSSR count). The van der Waals surface area contributed by atoms with Crippen molar-refractivity contribution in [2.75, 3.05) is 13.2 Å². The van der Waals surface area contributed by atoms with Gasteiger partial charge in [0.1, 0.15) is 5.76 Å². The first kappa shape index (κ1) is 20.5. The van der Waals surface area contributed by atoms with E-state index in [9.17, 15) is 5.11 Å². The highest BCUT2D eigenvalue weighted by Crippen LogP contribution is 2.01. The van der Waals surface area contributed by atoms with Gasteiger partial charge in [-0.2, -0.15) is 0 Å². The second-order valence-corrected chi connectivity index (χ2v) is 5.34. The molecule has 0 aliphatic heterocycles. The third-order valence-electron chi connectivity index (χ3n) is 3.56. The van der Waals surface area contributed by atoms with Crippen molar-refractivity contribution in [3.8, 4) is 0 Å². The first-order valence-electron chi connectivity index (χ1n) is 8.03. The van der Waals surface area contributed by atoms with Gasteiger partial charge >= 0.3 is 0 Å². The van der Waals surface area contributed by atoms with Crippen molar-refractivity contribution in [1.82, 2.24) is 10.6 Å². The predicted molar refractivity (Wildman–Crippen MR) is 108 cm³/mol. The molecule has 0 amide bonds. The second kappa shape index (κ2) is 11.9. The van der Waals surface area contributed by atoms with Crippen LogP contribution in [0, 0.1) is 0 Å². The van der Waals surface area contributed by atoms with Crippen molar-refractivity contribution >= 4 is 29.9 Å². The molecule has 0 spiro atoms. The average molecular weight is 443 g/mol. The van der Waals surface area contributed by atoms with Gasteiger partial charge in [0.2, 0.25) is 0 Å². The number of rotatable bonds is 8. The van der Waals surface area contributed by atoms with Gasteiger partial charge in [0.05, 0.1) is 25.5 Å². The Balaban J connectivity index is 0.00000288. The molecule has 0 aliphatic carbocycles. The lowest BCUT2D eigenvalue weighted by atomic mass is 10.2. The van der Waals surface area contributed by atoms with Crippen LogP contribution < -0.4 is 10.6 Å². The standard InChI is InChI=1S/C18H25N3O2.HI/c1-2-16(14-22)21-18(19-11-10-17-9-6-12-23-17)20-13-15-7-4-3-5-8-15;/h3-9,12,16,22H,2,10-11,13-14H2,1H3,(H2,19,20,21);1H/t16-;/m1./s1. The van der Waals surface area contributed by atoms with E-state index in [0.717, 1.165) is 30.7 Å². The van der Waals surface area contributed by atoms with Gasteiger partial charge in [-0.3, -0.25) is 0 Å². The van der Waals surface area contributed by atoms with Crippen LogP contribution in [0.1, 0.15) is 24.7 Å². The minimum absolute atomic E-state index is 0. The number of aliphatic imine (C=N–C) groups is 1. The smallest absolute Gasteiger partial charge is 0.191 e. The van der Waals surface area contributed by atoms with Crippen LogP contribution in [0.15, 0.2) is 58.1 Å². The number of hydrogen-bond donors (Lipinski definition) is 3. The number of guanidine groups is 1. The number of nitrogens with one attached hydrogen (secondary N) is 2. The van der Waals surface area contributed by atoms with E-state index >= 15 is 0 Å². The first-order valence-corrected chi connectivity index (χ1v) is 8.03. The molecular formula is C18H26IN3O2. The zero-order valence-corrected chi connectivity index (χ0v) is 16.3. The van der Waals surface area contributed by atoms with Gasteiger partial charge in [-0.1, -0.05) is 37.3 Å². The molecule has 0 saturated heterocycles. The molecule has 132 valence electrons. The van der Waals surface area contributed by atoms with Gasteiger partial charge in [0.15, 0.2) is 5.96 Å². The molecule has 3 N–H and O–H groups in total. The van der Waals surface area contributed by atoms with Crippen LogP contribution in [0.25, 0.3) is 0 Å². The number of nitrogens with zero attached hydrogens (tertiary/aromatic N) is 1. The maximum atomic E-state index is 9.38. The Morgan fingerprint density at radius 1 is 1.21 bits per heavy atom. The molecule has 0 bridgehead atoms. The molecular weight excluding hydrogens is 417 g/mol. The largest absolute Gasteiger partial charge is 0.469 e. The van der Waals surface area contributed by atoms with E-state index in [2.05, 4.69) is 15.6 Å². The topological polar surface area (TPSA) is 69.8 Å². The Hall–Kier alpha value is -1.54. The zero-order chi connectivity index (χ0) is 16.3. The van der Waals surface area contributed by atoms with E-state index in [1.807, 2.05) is 49.4 Å². The van der Waals surface area contributed by atoms with Crippen molar-refractivity contribution < 1.29 is 9.52 Å². The molecule has 0 fully saturated rings. The van der Waals surface area contributed by atoms with E-state index in [1.165, 1.54) is 0 Å². The van der Waals surface area contributed by atoms with Crippen molar-refractivity contribution in [1.29, 1.82) is 0 Å². The number of benzene rings is 1. The normalized spacial score (nSPS) is 12.3. The molecule has 1 atom stereocenters. The van der Waals surface area contributed by atoms with Crippen LogP contribution in [0.4, 0.5) is 0 Å². The van der Waals surface area contributed by atoms with E-state index in [1.54, 1.807) is 6.26 Å². The van der Waals surface area contributed by atoms with Gasteiger partial charge < -0.3 is 20.2 Å². The molecule has 0 radical (unpaired) electrons. The molecule has 0 saturated carbocycles. The molecule has 6 heteroatoms. The Bertz CT molecular complexity index is 569. The summed E-state index contributed by atoms with van der Waals surface area (Å²) in [4.78, 5) is 4.60. The lowest BCUT2D eigenvalue weighted by Crippen LogP contribution is -2.45. The number of aliphatic hydroxyl groups is 1. The maximum absolute atomic E-state index is 9.38. The third-order valence-corrected chi connectivity index (χ3v) is 3.56. The summed E-state index contributed by atoms with van der Waals surface area (Å²) >= 11 is 0. The second-order valence-electron chi connectivity index (χ2n) is 5.34. The quantitative estimate of drug-likeness (QED) is 0.334. The van der Waals surface area contributed by atoms with E-state index < -0.39 is 0 Å². The van der Waals surface area contributed by atoms with Crippen LogP contribution >= 0.6 is 24.0 Å². The molecule has 24 heavy (non-hydrogen) atoms. The molecule has 0 unspecified atom stereocenters. The molecule has 1 aromatic carbocycles. The van der Waals surface area contributed by atoms with Crippen LogP contribution in [0.3, 0.4) is 0 Å². The summed E-state index contributed by atoms with van der Waals surface area (Å²) in [5.41, 5.74) is 1.15. The minimum Gasteiger partial charge on any atom is -0.469 e. The van der Waals surface area contributed by atoms with E-state index in [4.69, 9.17) is 4.42 Å². The third kappa shape index (κ3) is 7.35. The van der Waals surface area contributed by atoms with Crippen LogP contribution in [0.5, 0.6) is 0 Å². The first-order chi connectivity index (χ1) is 11.3. The fourth-order valence-corrected chi connectivity index (χ4v) is 2.14. The SMILES string of the molecule is CC[C@H](CO)NC(=NCc1ccccc1)NCCc1ccco1.I. The molecule has 1 heterocycles. The fraction of sp³-hybridized carbons (Fsp3) is 0.389. The number of furan rings is 1. The van der Waals surface area contributed by atoms with Gasteiger partial charge in [0, 0.05) is 13.0 Å². The van der Waals surface area contributed by atoms with Crippen molar-refractivity contribution in [3.63, 3.8) is 0 Å². The van der Waals surface area contributed by atoms with Crippen LogP contribution in [-0.2, 0) is 13.0 Å². The minimum atomic E-state index is 0. The van der Waals surface area contributed by atoms with Gasteiger partial charge in [-0.25, -0.2) is 4.99 Å². The fourth-order valence-electron chi connectivity index (χ4n) is 2.14. The Kier molecular flexibility index (Phi) is 10.2. The Labute approximate surface area is 160 Å². The summed E-state index contributed by atoms with van der Waals surface area (Å²) in [6.45, 7) is 3.43. The Morgan fingerprint density at radius 2 is 2.00 bits per heavy atom.